The second-order valence-electron chi connectivity index (χ2n) is 6.94. The van der Waals surface area contributed by atoms with E-state index in [0.717, 1.165) is 23.8 Å². The number of hydrogen-bond acceptors (Lipinski definition) is 2. The van der Waals surface area contributed by atoms with E-state index in [-0.39, 0.29) is 0 Å². The topological polar surface area (TPSA) is 15.3 Å². The fraction of sp³-hybridized carbons (Fsp3) is 1.00. The van der Waals surface area contributed by atoms with E-state index in [1.54, 1.807) is 0 Å². The summed E-state index contributed by atoms with van der Waals surface area (Å²) < 4.78 is 0. The normalized spacial score (nSPS) is 31.8. The summed E-state index contributed by atoms with van der Waals surface area (Å²) >= 11 is 0. The molecule has 0 aromatic heterocycles. The van der Waals surface area contributed by atoms with E-state index in [0.29, 0.717) is 6.04 Å². The summed E-state index contributed by atoms with van der Waals surface area (Å²) in [6.45, 7) is 13.2. The summed E-state index contributed by atoms with van der Waals surface area (Å²) in [5.74, 6) is 2.64. The van der Waals surface area contributed by atoms with Gasteiger partial charge < -0.3 is 5.32 Å². The number of piperazine rings is 1. The Morgan fingerprint density at radius 3 is 2.50 bits per heavy atom. The molecule has 0 aromatic carbocycles. The molecule has 1 N–H and O–H groups in total. The summed E-state index contributed by atoms with van der Waals surface area (Å²) in [5.41, 5.74) is 0. The molecule has 3 unspecified atom stereocenters. The molecule has 2 aliphatic rings. The zero-order valence-electron chi connectivity index (χ0n) is 12.8. The van der Waals surface area contributed by atoms with E-state index in [9.17, 15) is 0 Å². The van der Waals surface area contributed by atoms with Gasteiger partial charge in [-0.05, 0) is 30.7 Å². The Morgan fingerprint density at radius 1 is 1.22 bits per heavy atom. The Morgan fingerprint density at radius 2 is 1.94 bits per heavy atom. The highest BCUT2D eigenvalue weighted by atomic mass is 15.2. The number of rotatable bonds is 6. The van der Waals surface area contributed by atoms with Gasteiger partial charge in [-0.1, -0.05) is 47.0 Å². The van der Waals surface area contributed by atoms with Crippen LogP contribution in [0.25, 0.3) is 0 Å². The summed E-state index contributed by atoms with van der Waals surface area (Å²) in [6.07, 6.45) is 5.73. The summed E-state index contributed by atoms with van der Waals surface area (Å²) in [6, 6.07) is 1.47. The van der Waals surface area contributed by atoms with Crippen LogP contribution in [-0.2, 0) is 0 Å². The third kappa shape index (κ3) is 3.71. The molecular weight excluding hydrogens is 220 g/mol. The molecule has 0 aromatic rings. The quantitative estimate of drug-likeness (QED) is 0.781. The van der Waals surface area contributed by atoms with Gasteiger partial charge in [0.05, 0.1) is 0 Å². The van der Waals surface area contributed by atoms with Gasteiger partial charge in [-0.3, -0.25) is 4.90 Å². The predicted octanol–water partition coefficient (Wildman–Crippen LogP) is 3.13. The van der Waals surface area contributed by atoms with Gasteiger partial charge in [-0.25, -0.2) is 0 Å². The maximum Gasteiger partial charge on any atom is 0.0246 e. The lowest BCUT2D eigenvalue weighted by Gasteiger charge is -2.44. The molecule has 0 spiro atoms. The van der Waals surface area contributed by atoms with Crippen LogP contribution in [0.3, 0.4) is 0 Å². The Balaban J connectivity index is 1.90. The molecule has 1 aliphatic heterocycles. The van der Waals surface area contributed by atoms with Crippen molar-refractivity contribution in [1.82, 2.24) is 10.2 Å². The van der Waals surface area contributed by atoms with Crippen LogP contribution in [0.1, 0.15) is 53.4 Å². The van der Waals surface area contributed by atoms with Gasteiger partial charge in [0.1, 0.15) is 0 Å². The summed E-state index contributed by atoms with van der Waals surface area (Å²) in [4.78, 5) is 2.80. The molecule has 0 amide bonds. The molecule has 2 fully saturated rings. The SMILES string of the molecule is CCC(C)C1CNC(C(C)C)CN1CCC1CC1. The smallest absolute Gasteiger partial charge is 0.0246 e. The largest absolute Gasteiger partial charge is 0.311 e. The molecular formula is C16H32N2. The van der Waals surface area contributed by atoms with E-state index >= 15 is 0 Å². The van der Waals surface area contributed by atoms with Crippen LogP contribution in [0.2, 0.25) is 0 Å². The third-order valence-corrected chi connectivity index (χ3v) is 5.12. The van der Waals surface area contributed by atoms with Gasteiger partial charge in [0.25, 0.3) is 0 Å². The average molecular weight is 252 g/mol. The lowest BCUT2D eigenvalue weighted by atomic mass is 9.91. The molecule has 1 aliphatic carbocycles. The zero-order chi connectivity index (χ0) is 13.1. The first-order chi connectivity index (χ1) is 8.61. The predicted molar refractivity (Wildman–Crippen MR) is 78.8 cm³/mol. The van der Waals surface area contributed by atoms with Crippen LogP contribution >= 0.6 is 0 Å². The second-order valence-corrected chi connectivity index (χ2v) is 6.94. The maximum atomic E-state index is 3.78. The van der Waals surface area contributed by atoms with Gasteiger partial charge in [0.15, 0.2) is 0 Å². The van der Waals surface area contributed by atoms with E-state index in [1.165, 1.54) is 45.3 Å². The van der Waals surface area contributed by atoms with E-state index in [4.69, 9.17) is 0 Å². The van der Waals surface area contributed by atoms with Crippen LogP contribution in [0.15, 0.2) is 0 Å². The fourth-order valence-corrected chi connectivity index (χ4v) is 3.15. The van der Waals surface area contributed by atoms with Gasteiger partial charge in [-0.2, -0.15) is 0 Å². The molecule has 0 radical (unpaired) electrons. The van der Waals surface area contributed by atoms with Crippen molar-refractivity contribution in [3.8, 4) is 0 Å². The monoisotopic (exact) mass is 252 g/mol. The average Bonchev–Trinajstić information content (AvgIpc) is 3.19. The highest BCUT2D eigenvalue weighted by Crippen LogP contribution is 2.33. The van der Waals surface area contributed by atoms with Gasteiger partial charge in [0, 0.05) is 25.2 Å². The Kier molecular flexibility index (Phi) is 5.08. The van der Waals surface area contributed by atoms with Crippen LogP contribution in [-0.4, -0.2) is 36.6 Å². The van der Waals surface area contributed by atoms with E-state index < -0.39 is 0 Å². The van der Waals surface area contributed by atoms with Crippen molar-refractivity contribution in [1.29, 1.82) is 0 Å². The summed E-state index contributed by atoms with van der Waals surface area (Å²) in [5, 5.41) is 3.78. The van der Waals surface area contributed by atoms with Crippen molar-refractivity contribution in [3.63, 3.8) is 0 Å². The third-order valence-electron chi connectivity index (χ3n) is 5.12. The molecule has 1 saturated carbocycles. The van der Waals surface area contributed by atoms with Crippen molar-refractivity contribution in [2.75, 3.05) is 19.6 Å². The highest BCUT2D eigenvalue weighted by Gasteiger charge is 2.32. The van der Waals surface area contributed by atoms with Crippen molar-refractivity contribution < 1.29 is 0 Å². The number of hydrogen-bond donors (Lipinski definition) is 1. The van der Waals surface area contributed by atoms with Crippen molar-refractivity contribution in [2.24, 2.45) is 17.8 Å². The molecule has 3 atom stereocenters. The molecule has 1 saturated heterocycles. The molecule has 106 valence electrons. The first-order valence-electron chi connectivity index (χ1n) is 8.09. The Labute approximate surface area is 114 Å². The highest BCUT2D eigenvalue weighted by molar-refractivity contribution is 4.90. The minimum atomic E-state index is 0.699. The van der Waals surface area contributed by atoms with Crippen molar-refractivity contribution >= 4 is 0 Å². The second kappa shape index (κ2) is 6.38. The van der Waals surface area contributed by atoms with Crippen molar-refractivity contribution in [2.45, 2.75) is 65.5 Å². The molecule has 1 heterocycles. The number of nitrogens with one attached hydrogen (secondary N) is 1. The molecule has 2 heteroatoms. The first-order valence-corrected chi connectivity index (χ1v) is 8.09. The lowest BCUT2D eigenvalue weighted by molar-refractivity contribution is 0.0765. The fourth-order valence-electron chi connectivity index (χ4n) is 3.15. The van der Waals surface area contributed by atoms with Gasteiger partial charge in [0.2, 0.25) is 0 Å². The van der Waals surface area contributed by atoms with E-state index in [1.807, 2.05) is 0 Å². The van der Waals surface area contributed by atoms with Crippen LogP contribution in [0.5, 0.6) is 0 Å². The van der Waals surface area contributed by atoms with Crippen molar-refractivity contribution in [3.05, 3.63) is 0 Å². The van der Waals surface area contributed by atoms with Gasteiger partial charge in [-0.15, -0.1) is 0 Å². The zero-order valence-corrected chi connectivity index (χ0v) is 12.8. The minimum Gasteiger partial charge on any atom is -0.311 e. The molecule has 2 nitrogen and oxygen atoms in total. The standard InChI is InChI=1S/C16H32N2/c1-5-13(4)16-10-17-15(12(2)3)11-18(16)9-8-14-6-7-14/h12-17H,5-11H2,1-4H3. The molecule has 0 bridgehead atoms. The Hall–Kier alpha value is -0.0800. The maximum absolute atomic E-state index is 3.78. The number of nitrogens with zero attached hydrogens (tertiary/aromatic N) is 1. The Bertz CT molecular complexity index is 247. The van der Waals surface area contributed by atoms with Crippen LogP contribution < -0.4 is 5.32 Å². The van der Waals surface area contributed by atoms with Gasteiger partial charge >= 0.3 is 0 Å². The summed E-state index contributed by atoms with van der Waals surface area (Å²) in [7, 11) is 0. The van der Waals surface area contributed by atoms with Crippen LogP contribution in [0, 0.1) is 17.8 Å². The molecule has 2 rings (SSSR count). The first kappa shape index (κ1) is 14.3. The van der Waals surface area contributed by atoms with E-state index in [2.05, 4.69) is 37.9 Å². The molecule has 18 heavy (non-hydrogen) atoms. The minimum absolute atomic E-state index is 0.699. The lowest BCUT2D eigenvalue weighted by Crippen LogP contribution is -2.60. The van der Waals surface area contributed by atoms with Crippen LogP contribution in [0.4, 0.5) is 0 Å².